The van der Waals surface area contributed by atoms with E-state index in [4.69, 9.17) is 0 Å². The standard InChI is InChI=1S/C35H39N3O4S/c1-26-12-10-15-28(22-26)24-37(33(23-27-13-4-3-5-14-27)35(40)36-30-18-7-8-19-30)34(39)25-38(43(2,41)42)32-21-11-17-29-16-6-9-20-31(29)32/h3-6,9-17,20-22,30,33H,7-8,18-19,23-25H2,1-2H3,(H,36,40)/t33-/m1/s1. The van der Waals surface area contributed by atoms with Crippen LogP contribution in [0.5, 0.6) is 0 Å². The van der Waals surface area contributed by atoms with Crippen LogP contribution < -0.4 is 9.62 Å². The van der Waals surface area contributed by atoms with Gasteiger partial charge in [-0.1, -0.05) is 109 Å². The van der Waals surface area contributed by atoms with Crippen molar-refractivity contribution in [2.24, 2.45) is 0 Å². The molecule has 0 unspecified atom stereocenters. The van der Waals surface area contributed by atoms with Gasteiger partial charge in [0.1, 0.15) is 12.6 Å². The summed E-state index contributed by atoms with van der Waals surface area (Å²) >= 11 is 0. The molecule has 1 aliphatic carbocycles. The van der Waals surface area contributed by atoms with Crippen LogP contribution in [0.25, 0.3) is 10.8 Å². The number of aryl methyl sites for hydroxylation is 1. The van der Waals surface area contributed by atoms with Crippen LogP contribution in [0.4, 0.5) is 5.69 Å². The zero-order chi connectivity index (χ0) is 30.4. The van der Waals surface area contributed by atoms with Gasteiger partial charge < -0.3 is 10.2 Å². The van der Waals surface area contributed by atoms with E-state index in [0.29, 0.717) is 12.1 Å². The lowest BCUT2D eigenvalue weighted by Crippen LogP contribution is -2.54. The van der Waals surface area contributed by atoms with Gasteiger partial charge in [0.2, 0.25) is 21.8 Å². The molecule has 0 heterocycles. The smallest absolute Gasteiger partial charge is 0.244 e. The Kier molecular flexibility index (Phi) is 9.46. The van der Waals surface area contributed by atoms with Gasteiger partial charge in [-0.3, -0.25) is 13.9 Å². The van der Waals surface area contributed by atoms with Gasteiger partial charge in [-0.25, -0.2) is 8.42 Å². The minimum Gasteiger partial charge on any atom is -0.352 e. The summed E-state index contributed by atoms with van der Waals surface area (Å²) in [4.78, 5) is 30.0. The van der Waals surface area contributed by atoms with E-state index < -0.39 is 28.5 Å². The molecule has 1 saturated carbocycles. The molecule has 224 valence electrons. The highest BCUT2D eigenvalue weighted by atomic mass is 32.2. The van der Waals surface area contributed by atoms with Crippen molar-refractivity contribution in [2.45, 2.75) is 57.7 Å². The molecule has 1 atom stereocenters. The van der Waals surface area contributed by atoms with E-state index in [0.717, 1.165) is 63.7 Å². The van der Waals surface area contributed by atoms with Crippen molar-refractivity contribution < 1.29 is 18.0 Å². The molecule has 1 aliphatic rings. The number of rotatable bonds is 11. The van der Waals surface area contributed by atoms with Gasteiger partial charge in [0, 0.05) is 24.4 Å². The van der Waals surface area contributed by atoms with Crippen LogP contribution in [0.3, 0.4) is 0 Å². The molecule has 0 bridgehead atoms. The van der Waals surface area contributed by atoms with Crippen LogP contribution in [0.15, 0.2) is 97.1 Å². The molecule has 4 aromatic rings. The molecule has 43 heavy (non-hydrogen) atoms. The lowest BCUT2D eigenvalue weighted by molar-refractivity contribution is -0.140. The normalized spacial score (nSPS) is 14.4. The van der Waals surface area contributed by atoms with Crippen LogP contribution in [0, 0.1) is 6.92 Å². The molecule has 2 amide bonds. The number of hydrogen-bond donors (Lipinski definition) is 1. The molecular formula is C35H39N3O4S. The second kappa shape index (κ2) is 13.4. The summed E-state index contributed by atoms with van der Waals surface area (Å²) in [5, 5.41) is 4.81. The number of anilines is 1. The predicted octanol–water partition coefficient (Wildman–Crippen LogP) is 5.61. The van der Waals surface area contributed by atoms with E-state index in [1.54, 1.807) is 17.0 Å². The Balaban J connectivity index is 1.55. The number of fused-ring (bicyclic) bond motifs is 1. The number of nitrogens with zero attached hydrogens (tertiary/aromatic N) is 2. The maximum absolute atomic E-state index is 14.4. The third-order valence-corrected chi connectivity index (χ3v) is 9.25. The highest BCUT2D eigenvalue weighted by Gasteiger charge is 2.34. The van der Waals surface area contributed by atoms with Crippen LogP contribution >= 0.6 is 0 Å². The number of sulfonamides is 1. The molecule has 1 N–H and O–H groups in total. The summed E-state index contributed by atoms with van der Waals surface area (Å²) in [6.45, 7) is 1.72. The molecule has 0 aliphatic heterocycles. The average Bonchev–Trinajstić information content (AvgIpc) is 3.50. The summed E-state index contributed by atoms with van der Waals surface area (Å²) in [5.74, 6) is -0.657. The fourth-order valence-electron chi connectivity index (χ4n) is 5.95. The summed E-state index contributed by atoms with van der Waals surface area (Å²) in [6.07, 6.45) is 5.38. The number of nitrogens with one attached hydrogen (secondary N) is 1. The van der Waals surface area contributed by atoms with E-state index in [9.17, 15) is 18.0 Å². The van der Waals surface area contributed by atoms with Crippen LogP contribution in [-0.2, 0) is 32.6 Å². The lowest BCUT2D eigenvalue weighted by Gasteiger charge is -2.34. The Hall–Kier alpha value is -4.17. The van der Waals surface area contributed by atoms with E-state index >= 15 is 0 Å². The fraction of sp³-hybridized carbons (Fsp3) is 0.314. The van der Waals surface area contributed by atoms with E-state index in [1.807, 2.05) is 91.9 Å². The highest BCUT2D eigenvalue weighted by molar-refractivity contribution is 7.92. The minimum absolute atomic E-state index is 0.0740. The van der Waals surface area contributed by atoms with Crippen molar-refractivity contribution in [1.82, 2.24) is 10.2 Å². The Morgan fingerprint density at radius 1 is 0.860 bits per heavy atom. The molecule has 8 heteroatoms. The third-order valence-electron chi connectivity index (χ3n) is 8.12. The van der Waals surface area contributed by atoms with E-state index in [-0.39, 0.29) is 18.5 Å². The zero-order valence-corrected chi connectivity index (χ0v) is 25.6. The first-order chi connectivity index (χ1) is 20.7. The summed E-state index contributed by atoms with van der Waals surface area (Å²) < 4.78 is 27.6. The molecule has 4 aromatic carbocycles. The molecule has 0 radical (unpaired) electrons. The monoisotopic (exact) mass is 597 g/mol. The SMILES string of the molecule is Cc1cccc(CN(C(=O)CN(c2cccc3ccccc23)S(C)(=O)=O)[C@H](Cc2ccccc2)C(=O)NC2CCCC2)c1. The Bertz CT molecular complexity index is 1680. The first-order valence-corrected chi connectivity index (χ1v) is 16.7. The minimum atomic E-state index is -3.86. The van der Waals surface area contributed by atoms with Gasteiger partial charge in [0.25, 0.3) is 0 Å². The molecule has 1 fully saturated rings. The van der Waals surface area contributed by atoms with Crippen LogP contribution in [0.2, 0.25) is 0 Å². The van der Waals surface area contributed by atoms with Gasteiger partial charge in [0.15, 0.2) is 0 Å². The van der Waals surface area contributed by atoms with Crippen molar-refractivity contribution in [3.8, 4) is 0 Å². The van der Waals surface area contributed by atoms with Gasteiger partial charge in [0.05, 0.1) is 11.9 Å². The van der Waals surface area contributed by atoms with E-state index in [1.165, 1.54) is 0 Å². The molecule has 5 rings (SSSR count). The number of amides is 2. The van der Waals surface area contributed by atoms with Crippen LogP contribution in [-0.4, -0.2) is 50.0 Å². The van der Waals surface area contributed by atoms with Gasteiger partial charge in [-0.05, 0) is 42.3 Å². The first kappa shape index (κ1) is 30.3. The second-order valence-electron chi connectivity index (χ2n) is 11.5. The first-order valence-electron chi connectivity index (χ1n) is 14.8. The molecular weight excluding hydrogens is 558 g/mol. The number of carbonyl (C=O) groups excluding carboxylic acids is 2. The molecule has 0 spiro atoms. The largest absolute Gasteiger partial charge is 0.352 e. The average molecular weight is 598 g/mol. The lowest BCUT2D eigenvalue weighted by atomic mass is 10.0. The van der Waals surface area contributed by atoms with E-state index in [2.05, 4.69) is 5.32 Å². The summed E-state index contributed by atoms with van der Waals surface area (Å²) in [5.41, 5.74) is 3.26. The van der Waals surface area contributed by atoms with Crippen LogP contribution in [0.1, 0.15) is 42.4 Å². The van der Waals surface area contributed by atoms with Gasteiger partial charge in [-0.15, -0.1) is 0 Å². The quantitative estimate of drug-likeness (QED) is 0.243. The number of carbonyl (C=O) groups is 2. The zero-order valence-electron chi connectivity index (χ0n) is 24.8. The molecule has 0 aromatic heterocycles. The Morgan fingerprint density at radius 2 is 1.51 bits per heavy atom. The van der Waals surface area contributed by atoms with Gasteiger partial charge >= 0.3 is 0 Å². The summed E-state index contributed by atoms with van der Waals surface area (Å²) in [7, 11) is -3.86. The maximum Gasteiger partial charge on any atom is 0.244 e. The Morgan fingerprint density at radius 3 is 2.23 bits per heavy atom. The van der Waals surface area contributed by atoms with Crippen molar-refractivity contribution in [1.29, 1.82) is 0 Å². The second-order valence-corrected chi connectivity index (χ2v) is 13.4. The van der Waals surface area contributed by atoms with Crippen molar-refractivity contribution in [3.63, 3.8) is 0 Å². The predicted molar refractivity (Wildman–Crippen MR) is 172 cm³/mol. The van der Waals surface area contributed by atoms with Crippen molar-refractivity contribution in [2.75, 3.05) is 17.1 Å². The Labute approximate surface area is 254 Å². The summed E-state index contributed by atoms with van der Waals surface area (Å²) in [6, 6.07) is 29.7. The molecule has 0 saturated heterocycles. The third kappa shape index (κ3) is 7.62. The highest BCUT2D eigenvalue weighted by Crippen LogP contribution is 2.29. The number of hydrogen-bond acceptors (Lipinski definition) is 4. The fourth-order valence-corrected chi connectivity index (χ4v) is 6.81. The number of benzene rings is 4. The van der Waals surface area contributed by atoms with Crippen molar-refractivity contribution >= 4 is 38.3 Å². The maximum atomic E-state index is 14.4. The van der Waals surface area contributed by atoms with Crippen molar-refractivity contribution in [3.05, 3.63) is 114 Å². The van der Waals surface area contributed by atoms with Gasteiger partial charge in [-0.2, -0.15) is 0 Å². The topological polar surface area (TPSA) is 86.8 Å². The molecule has 7 nitrogen and oxygen atoms in total.